The highest BCUT2D eigenvalue weighted by atomic mass is 35.5. The third-order valence-corrected chi connectivity index (χ3v) is 2.87. The van der Waals surface area contributed by atoms with Crippen molar-refractivity contribution in [3.05, 3.63) is 51.6 Å². The zero-order valence-corrected chi connectivity index (χ0v) is 11.4. The van der Waals surface area contributed by atoms with Gasteiger partial charge in [-0.2, -0.15) is 0 Å². The van der Waals surface area contributed by atoms with E-state index in [0.29, 0.717) is 10.8 Å². The Morgan fingerprint density at radius 1 is 1.26 bits per heavy atom. The van der Waals surface area contributed by atoms with E-state index in [2.05, 4.69) is 4.98 Å². The molecule has 6 heteroatoms. The predicted octanol–water partition coefficient (Wildman–Crippen LogP) is 4.19. The van der Waals surface area contributed by atoms with E-state index < -0.39 is 5.97 Å². The summed E-state index contributed by atoms with van der Waals surface area (Å²) in [6, 6.07) is 7.89. The van der Waals surface area contributed by atoms with Crippen molar-refractivity contribution in [1.29, 1.82) is 0 Å². The second-order valence-corrected chi connectivity index (χ2v) is 4.62. The minimum Gasteiger partial charge on any atom is -0.477 e. The number of nitrogens with zero attached hydrogens (tertiary/aromatic N) is 1. The Morgan fingerprint density at radius 2 is 2.00 bits per heavy atom. The number of aryl methyl sites for hydroxylation is 1. The SMILES string of the molecule is Cc1ccc(Cl)c(Oc2nc(Cl)ccc2C(=O)O)c1. The number of carboxylic acid groups (broad SMARTS) is 1. The van der Waals surface area contributed by atoms with Gasteiger partial charge in [0.25, 0.3) is 0 Å². The first-order chi connectivity index (χ1) is 8.97. The molecule has 0 saturated carbocycles. The largest absolute Gasteiger partial charge is 0.477 e. The molecule has 0 atom stereocenters. The molecular formula is C13H9Cl2NO3. The van der Waals surface area contributed by atoms with E-state index in [9.17, 15) is 4.79 Å². The average Bonchev–Trinajstić information content (AvgIpc) is 2.33. The van der Waals surface area contributed by atoms with E-state index >= 15 is 0 Å². The van der Waals surface area contributed by atoms with Crippen molar-refractivity contribution >= 4 is 29.2 Å². The number of benzene rings is 1. The van der Waals surface area contributed by atoms with E-state index in [-0.39, 0.29) is 16.6 Å². The molecule has 0 aliphatic rings. The molecule has 0 saturated heterocycles. The van der Waals surface area contributed by atoms with Crippen LogP contribution in [-0.2, 0) is 0 Å². The number of halogens is 2. The van der Waals surface area contributed by atoms with Crippen molar-refractivity contribution in [3.63, 3.8) is 0 Å². The molecule has 1 N–H and O–H groups in total. The second kappa shape index (κ2) is 5.47. The third-order valence-electron chi connectivity index (χ3n) is 2.35. The van der Waals surface area contributed by atoms with Crippen molar-refractivity contribution in [3.8, 4) is 11.6 Å². The molecule has 1 aromatic carbocycles. The van der Waals surface area contributed by atoms with E-state index in [4.69, 9.17) is 33.0 Å². The molecule has 2 rings (SSSR count). The van der Waals surface area contributed by atoms with Crippen LogP contribution >= 0.6 is 23.2 Å². The number of carbonyl (C=O) groups is 1. The van der Waals surface area contributed by atoms with Crippen molar-refractivity contribution in [2.24, 2.45) is 0 Å². The molecule has 0 unspecified atom stereocenters. The van der Waals surface area contributed by atoms with Crippen molar-refractivity contribution < 1.29 is 14.6 Å². The number of aromatic nitrogens is 1. The Balaban J connectivity index is 2.45. The van der Waals surface area contributed by atoms with Gasteiger partial charge in [0, 0.05) is 0 Å². The van der Waals surface area contributed by atoms with Crippen LogP contribution < -0.4 is 4.74 Å². The Hall–Kier alpha value is -1.78. The van der Waals surface area contributed by atoms with Crippen LogP contribution in [0.1, 0.15) is 15.9 Å². The van der Waals surface area contributed by atoms with E-state index in [1.165, 1.54) is 12.1 Å². The molecule has 4 nitrogen and oxygen atoms in total. The second-order valence-electron chi connectivity index (χ2n) is 3.83. The smallest absolute Gasteiger partial charge is 0.341 e. The number of ether oxygens (including phenoxy) is 1. The van der Waals surface area contributed by atoms with Crippen molar-refractivity contribution in [2.75, 3.05) is 0 Å². The first-order valence-electron chi connectivity index (χ1n) is 5.31. The summed E-state index contributed by atoms with van der Waals surface area (Å²) in [6.45, 7) is 1.87. The van der Waals surface area contributed by atoms with Crippen molar-refractivity contribution in [2.45, 2.75) is 6.92 Å². The van der Waals surface area contributed by atoms with Crippen LogP contribution in [0.25, 0.3) is 0 Å². The molecule has 0 spiro atoms. The molecule has 2 aromatic rings. The Kier molecular flexibility index (Phi) is 3.93. The number of rotatable bonds is 3. The maximum absolute atomic E-state index is 11.1. The molecule has 19 heavy (non-hydrogen) atoms. The number of hydrogen-bond acceptors (Lipinski definition) is 3. The normalized spacial score (nSPS) is 10.3. The van der Waals surface area contributed by atoms with E-state index in [0.717, 1.165) is 5.56 Å². The summed E-state index contributed by atoms with van der Waals surface area (Å²) in [5.41, 5.74) is 0.847. The summed E-state index contributed by atoms with van der Waals surface area (Å²) < 4.78 is 5.45. The monoisotopic (exact) mass is 297 g/mol. The Bertz CT molecular complexity index is 644. The van der Waals surface area contributed by atoms with Gasteiger partial charge in [0.2, 0.25) is 5.88 Å². The fourth-order valence-electron chi connectivity index (χ4n) is 1.45. The first kappa shape index (κ1) is 13.6. The summed E-state index contributed by atoms with van der Waals surface area (Å²) in [4.78, 5) is 14.9. The highest BCUT2D eigenvalue weighted by Crippen LogP contribution is 2.31. The van der Waals surface area contributed by atoms with Crippen LogP contribution in [0, 0.1) is 6.92 Å². The van der Waals surface area contributed by atoms with Gasteiger partial charge in [-0.25, -0.2) is 9.78 Å². The van der Waals surface area contributed by atoms with Gasteiger partial charge in [0.05, 0.1) is 5.02 Å². The van der Waals surface area contributed by atoms with E-state index in [1.807, 2.05) is 13.0 Å². The highest BCUT2D eigenvalue weighted by Gasteiger charge is 2.15. The zero-order chi connectivity index (χ0) is 14.0. The van der Waals surface area contributed by atoms with Crippen LogP contribution in [-0.4, -0.2) is 16.1 Å². The lowest BCUT2D eigenvalue weighted by Crippen LogP contribution is -2.02. The van der Waals surface area contributed by atoms with Crippen LogP contribution in [0.3, 0.4) is 0 Å². The third kappa shape index (κ3) is 3.16. The molecule has 0 radical (unpaired) electrons. The summed E-state index contributed by atoms with van der Waals surface area (Å²) in [5.74, 6) is -0.908. The van der Waals surface area contributed by atoms with Crippen LogP contribution in [0.2, 0.25) is 10.2 Å². The molecule has 0 bridgehead atoms. The Morgan fingerprint density at radius 3 is 2.68 bits per heavy atom. The molecule has 0 aliphatic carbocycles. The molecule has 98 valence electrons. The molecule has 1 aromatic heterocycles. The van der Waals surface area contributed by atoms with Gasteiger partial charge in [-0.3, -0.25) is 0 Å². The number of carboxylic acids is 1. The fourth-order valence-corrected chi connectivity index (χ4v) is 1.75. The standard InChI is InChI=1S/C13H9Cl2NO3/c1-7-2-4-9(14)10(6-7)19-12-8(13(17)18)3-5-11(15)16-12/h2-6H,1H3,(H,17,18). The highest BCUT2D eigenvalue weighted by molar-refractivity contribution is 6.32. The van der Waals surface area contributed by atoms with Crippen molar-refractivity contribution in [1.82, 2.24) is 4.98 Å². The minimum atomic E-state index is -1.15. The number of pyridine rings is 1. The predicted molar refractivity (Wildman–Crippen MR) is 72.5 cm³/mol. The van der Waals surface area contributed by atoms with Gasteiger partial charge < -0.3 is 9.84 Å². The van der Waals surface area contributed by atoms with Crippen LogP contribution in [0.4, 0.5) is 0 Å². The lowest BCUT2D eigenvalue weighted by atomic mass is 10.2. The summed E-state index contributed by atoms with van der Waals surface area (Å²) in [7, 11) is 0. The lowest BCUT2D eigenvalue weighted by molar-refractivity contribution is 0.0693. The number of hydrogen-bond donors (Lipinski definition) is 1. The first-order valence-corrected chi connectivity index (χ1v) is 6.07. The Labute approximate surface area is 119 Å². The molecular weight excluding hydrogens is 289 g/mol. The van der Waals surface area contributed by atoms with Gasteiger partial charge in [0.15, 0.2) is 0 Å². The van der Waals surface area contributed by atoms with Gasteiger partial charge in [-0.05, 0) is 36.8 Å². The average molecular weight is 298 g/mol. The van der Waals surface area contributed by atoms with Crippen LogP contribution in [0.5, 0.6) is 11.6 Å². The fraction of sp³-hybridized carbons (Fsp3) is 0.0769. The van der Waals surface area contributed by atoms with Gasteiger partial charge >= 0.3 is 5.97 Å². The molecule has 0 amide bonds. The molecule has 1 heterocycles. The maximum atomic E-state index is 11.1. The summed E-state index contributed by atoms with van der Waals surface area (Å²) in [6.07, 6.45) is 0. The summed E-state index contributed by atoms with van der Waals surface area (Å²) >= 11 is 11.7. The quantitative estimate of drug-likeness (QED) is 0.863. The van der Waals surface area contributed by atoms with Gasteiger partial charge in [0.1, 0.15) is 16.5 Å². The zero-order valence-electron chi connectivity index (χ0n) is 9.85. The maximum Gasteiger partial charge on any atom is 0.341 e. The van der Waals surface area contributed by atoms with Gasteiger partial charge in [-0.15, -0.1) is 0 Å². The topological polar surface area (TPSA) is 59.4 Å². The molecule has 0 fully saturated rings. The lowest BCUT2D eigenvalue weighted by Gasteiger charge is -2.09. The van der Waals surface area contributed by atoms with E-state index in [1.54, 1.807) is 12.1 Å². The summed E-state index contributed by atoms with van der Waals surface area (Å²) in [5, 5.41) is 9.57. The van der Waals surface area contributed by atoms with Crippen LogP contribution in [0.15, 0.2) is 30.3 Å². The van der Waals surface area contributed by atoms with Gasteiger partial charge in [-0.1, -0.05) is 29.3 Å². The minimum absolute atomic E-state index is 0.0815. The molecule has 0 aliphatic heterocycles. The number of aromatic carboxylic acids is 1.